The molecular weight excluding hydrogens is 204 g/mol. The highest BCUT2D eigenvalue weighted by Gasteiger charge is 2.09. The van der Waals surface area contributed by atoms with Crippen LogP contribution in [0.4, 0.5) is 0 Å². The summed E-state index contributed by atoms with van der Waals surface area (Å²) in [6.45, 7) is 5.35. The zero-order valence-corrected chi connectivity index (χ0v) is 10.3. The van der Waals surface area contributed by atoms with E-state index in [-0.39, 0.29) is 0 Å². The topological polar surface area (TPSA) is 18.5 Å². The Bertz CT molecular complexity index is 274. The van der Waals surface area contributed by atoms with Gasteiger partial charge >= 0.3 is 0 Å². The van der Waals surface area contributed by atoms with Gasteiger partial charge in [-0.05, 0) is 11.6 Å². The smallest absolute Gasteiger partial charge is 0.232 e. The number of ether oxygens (including phenoxy) is 1. The molecule has 0 amide bonds. The van der Waals surface area contributed by atoms with Gasteiger partial charge in [0.2, 0.25) is 9.04 Å². The van der Waals surface area contributed by atoms with Crippen molar-refractivity contribution in [2.24, 2.45) is 0 Å². The summed E-state index contributed by atoms with van der Waals surface area (Å²) in [4.78, 5) is 0. The molecule has 1 rings (SSSR count). The van der Waals surface area contributed by atoms with E-state index in [0.29, 0.717) is 0 Å². The molecule has 0 saturated carbocycles. The SMILES string of the molecule is C=C[SiH](OCCCOC)c1ccccc1. The van der Waals surface area contributed by atoms with Crippen LogP contribution in [0.2, 0.25) is 0 Å². The first-order valence-corrected chi connectivity index (χ1v) is 6.88. The molecule has 0 aromatic heterocycles. The van der Waals surface area contributed by atoms with Crippen LogP contribution >= 0.6 is 0 Å². The lowest BCUT2D eigenvalue weighted by atomic mass is 10.4. The highest BCUT2D eigenvalue weighted by atomic mass is 28.3. The normalized spacial score (nSPS) is 12.3. The molecule has 0 aliphatic carbocycles. The molecule has 1 unspecified atom stereocenters. The van der Waals surface area contributed by atoms with Gasteiger partial charge in [0.25, 0.3) is 0 Å². The molecule has 1 aromatic rings. The fraction of sp³-hybridized carbons (Fsp3) is 0.333. The van der Waals surface area contributed by atoms with Gasteiger partial charge in [-0.25, -0.2) is 0 Å². The van der Waals surface area contributed by atoms with Crippen LogP contribution in [0.5, 0.6) is 0 Å². The summed E-state index contributed by atoms with van der Waals surface area (Å²) in [7, 11) is 0.302. The Balaban J connectivity index is 2.39. The molecule has 0 fully saturated rings. The highest BCUT2D eigenvalue weighted by Crippen LogP contribution is 1.94. The van der Waals surface area contributed by atoms with Crippen LogP contribution < -0.4 is 5.19 Å². The van der Waals surface area contributed by atoms with Gasteiger partial charge in [-0.1, -0.05) is 36.0 Å². The van der Waals surface area contributed by atoms with Crippen molar-refractivity contribution in [3.05, 3.63) is 42.6 Å². The molecular formula is C12H18O2Si. The first-order chi connectivity index (χ1) is 7.38. The van der Waals surface area contributed by atoms with E-state index < -0.39 is 9.04 Å². The van der Waals surface area contributed by atoms with Crippen molar-refractivity contribution in [1.82, 2.24) is 0 Å². The lowest BCUT2D eigenvalue weighted by Gasteiger charge is -2.12. The standard InChI is InChI=1S/C12H18O2Si/c1-3-15(14-11-7-10-13-2)12-8-5-4-6-9-12/h3-6,8-9,15H,1,7,10-11H2,2H3. The summed E-state index contributed by atoms with van der Waals surface area (Å²) in [5, 5.41) is 1.28. The van der Waals surface area contributed by atoms with Gasteiger partial charge < -0.3 is 9.16 Å². The van der Waals surface area contributed by atoms with E-state index in [2.05, 4.69) is 18.7 Å². The Morgan fingerprint density at radius 3 is 2.60 bits per heavy atom. The Morgan fingerprint density at radius 1 is 1.27 bits per heavy atom. The quantitative estimate of drug-likeness (QED) is 0.513. The predicted octanol–water partition coefficient (Wildman–Crippen LogP) is 1.40. The van der Waals surface area contributed by atoms with Crippen molar-refractivity contribution in [3.63, 3.8) is 0 Å². The van der Waals surface area contributed by atoms with Gasteiger partial charge in [0.1, 0.15) is 0 Å². The summed E-state index contributed by atoms with van der Waals surface area (Å²) < 4.78 is 10.8. The molecule has 1 atom stereocenters. The minimum absolute atomic E-state index is 0.756. The van der Waals surface area contributed by atoms with Crippen LogP contribution in [0.1, 0.15) is 6.42 Å². The van der Waals surface area contributed by atoms with Gasteiger partial charge in [-0.15, -0.1) is 6.58 Å². The summed E-state index contributed by atoms with van der Waals surface area (Å²) in [6.07, 6.45) is 0.945. The molecule has 0 bridgehead atoms. The van der Waals surface area contributed by atoms with Crippen molar-refractivity contribution in [2.45, 2.75) is 6.42 Å². The number of methoxy groups -OCH3 is 1. The minimum atomic E-state index is -1.41. The maximum atomic E-state index is 5.82. The van der Waals surface area contributed by atoms with Crippen molar-refractivity contribution >= 4 is 14.2 Å². The van der Waals surface area contributed by atoms with E-state index in [4.69, 9.17) is 9.16 Å². The van der Waals surface area contributed by atoms with Crippen LogP contribution in [0.25, 0.3) is 0 Å². The molecule has 0 aliphatic rings. The van der Waals surface area contributed by atoms with Gasteiger partial charge in [-0.3, -0.25) is 0 Å². The Labute approximate surface area is 93.3 Å². The van der Waals surface area contributed by atoms with Crippen LogP contribution in [-0.2, 0) is 9.16 Å². The van der Waals surface area contributed by atoms with Gasteiger partial charge in [-0.2, -0.15) is 0 Å². The maximum Gasteiger partial charge on any atom is 0.232 e. The second-order valence-corrected chi connectivity index (χ2v) is 5.60. The van der Waals surface area contributed by atoms with E-state index >= 15 is 0 Å². The van der Waals surface area contributed by atoms with E-state index in [1.165, 1.54) is 5.19 Å². The molecule has 15 heavy (non-hydrogen) atoms. The first-order valence-electron chi connectivity index (χ1n) is 5.16. The van der Waals surface area contributed by atoms with Crippen LogP contribution in [0.15, 0.2) is 42.6 Å². The second-order valence-electron chi connectivity index (χ2n) is 3.28. The average molecular weight is 222 g/mol. The molecule has 2 nitrogen and oxygen atoms in total. The lowest BCUT2D eigenvalue weighted by Crippen LogP contribution is -2.32. The van der Waals surface area contributed by atoms with Gasteiger partial charge in [0, 0.05) is 20.3 Å². The third kappa shape index (κ3) is 4.42. The minimum Gasteiger partial charge on any atom is -0.411 e. The Kier molecular flexibility index (Phi) is 6.00. The summed E-state index contributed by atoms with van der Waals surface area (Å²) in [5.41, 5.74) is 1.96. The molecule has 0 radical (unpaired) electrons. The zero-order chi connectivity index (χ0) is 10.9. The van der Waals surface area contributed by atoms with E-state index in [1.807, 2.05) is 23.9 Å². The van der Waals surface area contributed by atoms with Gasteiger partial charge in [0.15, 0.2) is 0 Å². The number of hydrogen-bond donors (Lipinski definition) is 0. The number of rotatable bonds is 7. The number of hydrogen-bond acceptors (Lipinski definition) is 2. The third-order valence-corrected chi connectivity index (χ3v) is 4.20. The summed E-state index contributed by atoms with van der Waals surface area (Å²) in [5.74, 6) is 0. The summed E-state index contributed by atoms with van der Waals surface area (Å²) in [6, 6.07) is 10.3. The van der Waals surface area contributed by atoms with Crippen molar-refractivity contribution < 1.29 is 9.16 Å². The molecule has 0 N–H and O–H groups in total. The Hall–Kier alpha value is -0.903. The van der Waals surface area contributed by atoms with Crippen molar-refractivity contribution in [1.29, 1.82) is 0 Å². The molecule has 0 heterocycles. The molecule has 82 valence electrons. The monoisotopic (exact) mass is 222 g/mol. The molecule has 1 aromatic carbocycles. The van der Waals surface area contributed by atoms with Crippen molar-refractivity contribution in [3.8, 4) is 0 Å². The Morgan fingerprint density at radius 2 is 2.00 bits per heavy atom. The molecule has 0 aliphatic heterocycles. The van der Waals surface area contributed by atoms with E-state index in [0.717, 1.165) is 19.6 Å². The van der Waals surface area contributed by atoms with E-state index in [1.54, 1.807) is 7.11 Å². The molecule has 0 saturated heterocycles. The first kappa shape index (κ1) is 12.2. The molecule has 3 heteroatoms. The second kappa shape index (κ2) is 7.40. The molecule has 0 spiro atoms. The van der Waals surface area contributed by atoms with Crippen molar-refractivity contribution in [2.75, 3.05) is 20.3 Å². The third-order valence-electron chi connectivity index (χ3n) is 2.13. The fourth-order valence-electron chi connectivity index (χ4n) is 1.36. The van der Waals surface area contributed by atoms with Gasteiger partial charge in [0.05, 0.1) is 0 Å². The lowest BCUT2D eigenvalue weighted by molar-refractivity contribution is 0.173. The predicted molar refractivity (Wildman–Crippen MR) is 65.9 cm³/mol. The maximum absolute atomic E-state index is 5.82. The highest BCUT2D eigenvalue weighted by molar-refractivity contribution is 6.72. The zero-order valence-electron chi connectivity index (χ0n) is 9.19. The fourth-order valence-corrected chi connectivity index (χ4v) is 2.98. The van der Waals surface area contributed by atoms with Crippen LogP contribution in [0.3, 0.4) is 0 Å². The van der Waals surface area contributed by atoms with Crippen LogP contribution in [0, 0.1) is 0 Å². The van der Waals surface area contributed by atoms with Crippen LogP contribution in [-0.4, -0.2) is 29.4 Å². The summed E-state index contributed by atoms with van der Waals surface area (Å²) >= 11 is 0. The largest absolute Gasteiger partial charge is 0.411 e. The van der Waals surface area contributed by atoms with E-state index in [9.17, 15) is 0 Å². The average Bonchev–Trinajstić information content (AvgIpc) is 2.30. The number of benzene rings is 1.